The normalized spacial score (nSPS) is 17.2. The molecule has 2 aromatic heterocycles. The number of pyridine rings is 1. The summed E-state index contributed by atoms with van der Waals surface area (Å²) in [5.41, 5.74) is 8.45. The monoisotopic (exact) mass is 361 g/mol. The SMILES string of the molecule is Nc1cc2ccccc2c(N2CCc3c(ncnc3N3CCNCC3)C2)n1. The third kappa shape index (κ3) is 2.94. The molecule has 5 rings (SSSR count). The van der Waals surface area contributed by atoms with E-state index in [1.165, 1.54) is 5.56 Å². The Balaban J connectivity index is 1.50. The third-order valence-electron chi connectivity index (χ3n) is 5.44. The largest absolute Gasteiger partial charge is 0.384 e. The minimum atomic E-state index is 0.554. The third-order valence-corrected chi connectivity index (χ3v) is 5.44. The molecular formula is C20H23N7. The Labute approximate surface area is 158 Å². The molecule has 1 saturated heterocycles. The van der Waals surface area contributed by atoms with E-state index in [4.69, 9.17) is 5.73 Å². The average molecular weight is 361 g/mol. The van der Waals surface area contributed by atoms with Gasteiger partial charge in [0, 0.05) is 43.7 Å². The van der Waals surface area contributed by atoms with E-state index in [9.17, 15) is 0 Å². The fraction of sp³-hybridized carbons (Fsp3) is 0.350. The quantitative estimate of drug-likeness (QED) is 0.717. The summed E-state index contributed by atoms with van der Waals surface area (Å²) in [6.07, 6.45) is 2.62. The fourth-order valence-corrected chi connectivity index (χ4v) is 4.11. The molecule has 0 atom stereocenters. The van der Waals surface area contributed by atoms with Crippen molar-refractivity contribution in [1.29, 1.82) is 0 Å². The fourth-order valence-electron chi connectivity index (χ4n) is 4.11. The van der Waals surface area contributed by atoms with Crippen LogP contribution in [0.15, 0.2) is 36.7 Å². The lowest BCUT2D eigenvalue weighted by molar-refractivity contribution is 0.579. The zero-order valence-electron chi connectivity index (χ0n) is 15.2. The molecule has 4 heterocycles. The highest BCUT2D eigenvalue weighted by Crippen LogP contribution is 2.32. The predicted molar refractivity (Wildman–Crippen MR) is 108 cm³/mol. The first-order valence-corrected chi connectivity index (χ1v) is 9.48. The summed E-state index contributed by atoms with van der Waals surface area (Å²) < 4.78 is 0. The van der Waals surface area contributed by atoms with E-state index in [0.717, 1.165) is 73.8 Å². The Bertz CT molecular complexity index is 981. The lowest BCUT2D eigenvalue weighted by atomic mass is 10.0. The summed E-state index contributed by atoms with van der Waals surface area (Å²) in [7, 11) is 0. The number of piperazine rings is 1. The van der Waals surface area contributed by atoms with E-state index >= 15 is 0 Å². The smallest absolute Gasteiger partial charge is 0.139 e. The van der Waals surface area contributed by atoms with Crippen molar-refractivity contribution in [1.82, 2.24) is 20.3 Å². The van der Waals surface area contributed by atoms with Gasteiger partial charge in [0.1, 0.15) is 23.8 Å². The number of hydrogen-bond acceptors (Lipinski definition) is 7. The van der Waals surface area contributed by atoms with Crippen LogP contribution in [0.25, 0.3) is 10.8 Å². The maximum Gasteiger partial charge on any atom is 0.139 e. The van der Waals surface area contributed by atoms with Gasteiger partial charge in [0.05, 0.1) is 12.2 Å². The van der Waals surface area contributed by atoms with E-state index < -0.39 is 0 Å². The Morgan fingerprint density at radius 2 is 1.81 bits per heavy atom. The molecule has 27 heavy (non-hydrogen) atoms. The summed E-state index contributed by atoms with van der Waals surface area (Å²) in [6.45, 7) is 5.62. The Hall–Kier alpha value is -2.93. The van der Waals surface area contributed by atoms with Crippen molar-refractivity contribution in [2.45, 2.75) is 13.0 Å². The van der Waals surface area contributed by atoms with Crippen LogP contribution in [0.5, 0.6) is 0 Å². The molecule has 3 N–H and O–H groups in total. The Kier molecular flexibility index (Phi) is 4.01. The number of aromatic nitrogens is 3. The number of nitrogens with one attached hydrogen (secondary N) is 1. The van der Waals surface area contributed by atoms with Gasteiger partial charge in [-0.1, -0.05) is 24.3 Å². The molecule has 0 spiro atoms. The second-order valence-electron chi connectivity index (χ2n) is 7.12. The summed E-state index contributed by atoms with van der Waals surface area (Å²) >= 11 is 0. The molecule has 0 bridgehead atoms. The first kappa shape index (κ1) is 16.3. The van der Waals surface area contributed by atoms with E-state index in [2.05, 4.69) is 42.2 Å². The summed E-state index contributed by atoms with van der Waals surface area (Å²) in [5, 5.41) is 5.65. The molecule has 7 nitrogen and oxygen atoms in total. The standard InChI is InChI=1S/C20H23N7/c21-18-11-14-3-1-2-4-15(14)20(25-18)27-8-5-16-17(12-27)23-13-24-19(16)26-9-6-22-7-10-26/h1-4,11,13,22H,5-10,12H2,(H2,21,25). The van der Waals surface area contributed by atoms with Crippen LogP contribution < -0.4 is 20.9 Å². The van der Waals surface area contributed by atoms with Gasteiger partial charge in [-0.2, -0.15) is 0 Å². The highest BCUT2D eigenvalue weighted by Gasteiger charge is 2.25. The van der Waals surface area contributed by atoms with Crippen LogP contribution in [0.1, 0.15) is 11.3 Å². The number of nitrogens with zero attached hydrogens (tertiary/aromatic N) is 5. The molecule has 2 aliphatic rings. The van der Waals surface area contributed by atoms with E-state index in [-0.39, 0.29) is 0 Å². The number of nitrogen functional groups attached to an aromatic ring is 1. The van der Waals surface area contributed by atoms with Gasteiger partial charge >= 0.3 is 0 Å². The van der Waals surface area contributed by atoms with Gasteiger partial charge in [0.15, 0.2) is 0 Å². The van der Waals surface area contributed by atoms with Crippen LogP contribution in [0, 0.1) is 0 Å². The number of hydrogen-bond donors (Lipinski definition) is 2. The van der Waals surface area contributed by atoms with Gasteiger partial charge in [0.25, 0.3) is 0 Å². The molecule has 0 amide bonds. The van der Waals surface area contributed by atoms with E-state index in [1.807, 2.05) is 18.2 Å². The van der Waals surface area contributed by atoms with Crippen LogP contribution in [-0.2, 0) is 13.0 Å². The Morgan fingerprint density at radius 1 is 0.963 bits per heavy atom. The topological polar surface area (TPSA) is 83.2 Å². The average Bonchev–Trinajstić information content (AvgIpc) is 2.73. The van der Waals surface area contributed by atoms with Crippen molar-refractivity contribution in [3.05, 3.63) is 47.9 Å². The molecule has 0 aliphatic carbocycles. The molecule has 0 radical (unpaired) electrons. The summed E-state index contributed by atoms with van der Waals surface area (Å²) in [6, 6.07) is 10.2. The van der Waals surface area contributed by atoms with E-state index in [0.29, 0.717) is 5.82 Å². The number of benzene rings is 1. The number of anilines is 3. The van der Waals surface area contributed by atoms with Crippen molar-refractivity contribution >= 4 is 28.2 Å². The van der Waals surface area contributed by atoms with Gasteiger partial charge < -0.3 is 20.9 Å². The van der Waals surface area contributed by atoms with Gasteiger partial charge in [-0.05, 0) is 17.9 Å². The lowest BCUT2D eigenvalue weighted by Gasteiger charge is -2.34. The first-order chi connectivity index (χ1) is 13.3. The second kappa shape index (κ2) is 6.66. The van der Waals surface area contributed by atoms with Gasteiger partial charge in [-0.15, -0.1) is 0 Å². The predicted octanol–water partition coefficient (Wildman–Crippen LogP) is 1.58. The zero-order chi connectivity index (χ0) is 18.2. The highest BCUT2D eigenvalue weighted by atomic mass is 15.3. The van der Waals surface area contributed by atoms with E-state index in [1.54, 1.807) is 6.33 Å². The molecule has 3 aromatic rings. The molecule has 0 saturated carbocycles. The van der Waals surface area contributed by atoms with Crippen LogP contribution >= 0.6 is 0 Å². The molecular weight excluding hydrogens is 338 g/mol. The van der Waals surface area contributed by atoms with Crippen molar-refractivity contribution in [3.8, 4) is 0 Å². The minimum Gasteiger partial charge on any atom is -0.384 e. The first-order valence-electron chi connectivity index (χ1n) is 9.48. The van der Waals surface area contributed by atoms with Crippen molar-refractivity contribution in [2.24, 2.45) is 0 Å². The second-order valence-corrected chi connectivity index (χ2v) is 7.12. The maximum absolute atomic E-state index is 6.07. The van der Waals surface area contributed by atoms with Crippen LogP contribution in [0.3, 0.4) is 0 Å². The molecule has 2 aliphatic heterocycles. The number of fused-ring (bicyclic) bond motifs is 2. The summed E-state index contributed by atoms with van der Waals surface area (Å²) in [5.74, 6) is 2.60. The minimum absolute atomic E-state index is 0.554. The molecule has 7 heteroatoms. The molecule has 1 aromatic carbocycles. The van der Waals surface area contributed by atoms with Crippen molar-refractivity contribution in [2.75, 3.05) is 48.3 Å². The highest BCUT2D eigenvalue weighted by molar-refractivity contribution is 5.94. The molecule has 138 valence electrons. The van der Waals surface area contributed by atoms with Gasteiger partial charge in [-0.3, -0.25) is 0 Å². The summed E-state index contributed by atoms with van der Waals surface area (Å²) in [4.78, 5) is 18.5. The zero-order valence-corrected chi connectivity index (χ0v) is 15.2. The van der Waals surface area contributed by atoms with Crippen LogP contribution in [0.2, 0.25) is 0 Å². The van der Waals surface area contributed by atoms with Crippen molar-refractivity contribution < 1.29 is 0 Å². The maximum atomic E-state index is 6.07. The van der Waals surface area contributed by atoms with Crippen LogP contribution in [0.4, 0.5) is 17.5 Å². The van der Waals surface area contributed by atoms with Gasteiger partial charge in [-0.25, -0.2) is 15.0 Å². The molecule has 1 fully saturated rings. The number of nitrogens with two attached hydrogens (primary N) is 1. The molecule has 0 unspecified atom stereocenters. The van der Waals surface area contributed by atoms with Crippen LogP contribution in [-0.4, -0.2) is 47.7 Å². The lowest BCUT2D eigenvalue weighted by Crippen LogP contribution is -2.45. The van der Waals surface area contributed by atoms with Gasteiger partial charge in [0.2, 0.25) is 0 Å². The Morgan fingerprint density at radius 3 is 2.70 bits per heavy atom. The van der Waals surface area contributed by atoms with Crippen molar-refractivity contribution in [3.63, 3.8) is 0 Å². The number of rotatable bonds is 2.